The summed E-state index contributed by atoms with van der Waals surface area (Å²) in [6, 6.07) is 6.16. The Hall–Kier alpha value is -2.58. The maximum Gasteiger partial charge on any atom is 0.233 e. The van der Waals surface area contributed by atoms with Gasteiger partial charge in [0.1, 0.15) is 13.2 Å². The second-order valence-electron chi connectivity index (χ2n) is 8.98. The molecule has 8 heteroatoms. The third kappa shape index (κ3) is 4.61. The number of fused-ring (bicyclic) bond motifs is 1. The van der Waals surface area contributed by atoms with Crippen LogP contribution in [0.25, 0.3) is 0 Å². The van der Waals surface area contributed by atoms with E-state index in [1.165, 1.54) is 18.4 Å². The normalized spacial score (nSPS) is 21.1. The Kier molecular flexibility index (Phi) is 6.32. The van der Waals surface area contributed by atoms with Crippen molar-refractivity contribution in [1.82, 2.24) is 14.9 Å². The second kappa shape index (κ2) is 9.50. The number of nitrogens with zero attached hydrogens (tertiary/aromatic N) is 4. The summed E-state index contributed by atoms with van der Waals surface area (Å²) in [6.45, 7) is 6.49. The number of benzene rings is 1. The van der Waals surface area contributed by atoms with Gasteiger partial charge < -0.3 is 23.8 Å². The first kappa shape index (κ1) is 21.3. The smallest absolute Gasteiger partial charge is 0.233 e. The van der Waals surface area contributed by atoms with Gasteiger partial charge in [0.2, 0.25) is 5.88 Å². The van der Waals surface area contributed by atoms with E-state index in [9.17, 15) is 0 Å². The van der Waals surface area contributed by atoms with Crippen LogP contribution in [0.5, 0.6) is 17.4 Å². The van der Waals surface area contributed by atoms with Crippen LogP contribution in [0.3, 0.4) is 0 Å². The molecule has 1 aromatic heterocycles. The number of methoxy groups -OCH3 is 1. The predicted octanol–water partition coefficient (Wildman–Crippen LogP) is 3.11. The molecule has 2 saturated heterocycles. The third-order valence-corrected chi connectivity index (χ3v) is 6.86. The van der Waals surface area contributed by atoms with Gasteiger partial charge in [-0.25, -0.2) is 0 Å². The molecular formula is C24H32N4O4. The van der Waals surface area contributed by atoms with Crippen LogP contribution in [0.4, 0.5) is 5.82 Å². The summed E-state index contributed by atoms with van der Waals surface area (Å²) >= 11 is 0. The molecule has 3 aliphatic rings. The average molecular weight is 441 g/mol. The van der Waals surface area contributed by atoms with Crippen LogP contribution in [-0.2, 0) is 11.3 Å². The van der Waals surface area contributed by atoms with Gasteiger partial charge in [0, 0.05) is 31.7 Å². The summed E-state index contributed by atoms with van der Waals surface area (Å²) < 4.78 is 23.1. The number of hydrogen-bond acceptors (Lipinski definition) is 8. The summed E-state index contributed by atoms with van der Waals surface area (Å²) in [5, 5.41) is 0. The van der Waals surface area contributed by atoms with Crippen LogP contribution in [0, 0.1) is 5.41 Å². The fourth-order valence-corrected chi connectivity index (χ4v) is 5.02. The summed E-state index contributed by atoms with van der Waals surface area (Å²) in [5.74, 6) is 3.21. The quantitative estimate of drug-likeness (QED) is 0.718. The lowest BCUT2D eigenvalue weighted by molar-refractivity contribution is -0.0528. The molecule has 1 spiro atoms. The van der Waals surface area contributed by atoms with Gasteiger partial charge in [0.15, 0.2) is 17.3 Å². The number of para-hydroxylation sites is 1. The molecule has 0 aliphatic carbocycles. The Bertz CT molecular complexity index is 905. The second-order valence-corrected chi connectivity index (χ2v) is 8.98. The molecule has 0 amide bonds. The number of rotatable bonds is 4. The first-order valence-electron chi connectivity index (χ1n) is 11.5. The van der Waals surface area contributed by atoms with Crippen LogP contribution in [-0.4, -0.2) is 68.2 Å². The highest BCUT2D eigenvalue weighted by Gasteiger charge is 2.36. The van der Waals surface area contributed by atoms with Gasteiger partial charge in [-0.05, 0) is 37.2 Å². The molecule has 3 aliphatic heterocycles. The zero-order valence-electron chi connectivity index (χ0n) is 18.8. The van der Waals surface area contributed by atoms with E-state index in [1.54, 1.807) is 13.3 Å². The molecule has 0 N–H and O–H groups in total. The van der Waals surface area contributed by atoms with Gasteiger partial charge in [-0.2, -0.15) is 4.98 Å². The molecule has 0 radical (unpaired) electrons. The lowest BCUT2D eigenvalue weighted by atomic mass is 9.75. The van der Waals surface area contributed by atoms with Crippen LogP contribution in [0.2, 0.25) is 0 Å². The van der Waals surface area contributed by atoms with Gasteiger partial charge in [-0.15, -0.1) is 0 Å². The predicted molar refractivity (Wildman–Crippen MR) is 120 cm³/mol. The maximum atomic E-state index is 6.26. The molecule has 8 nitrogen and oxygen atoms in total. The van der Waals surface area contributed by atoms with Gasteiger partial charge in [0.25, 0.3) is 0 Å². The summed E-state index contributed by atoms with van der Waals surface area (Å²) in [4.78, 5) is 13.5. The van der Waals surface area contributed by atoms with E-state index < -0.39 is 0 Å². The summed E-state index contributed by atoms with van der Waals surface area (Å²) in [5.41, 5.74) is 1.44. The first-order chi connectivity index (χ1) is 15.7. The number of ether oxygens (including phenoxy) is 4. The van der Waals surface area contributed by atoms with Gasteiger partial charge in [-0.1, -0.05) is 12.1 Å². The van der Waals surface area contributed by atoms with E-state index in [-0.39, 0.29) is 5.41 Å². The Morgan fingerprint density at radius 1 is 1.06 bits per heavy atom. The fourth-order valence-electron chi connectivity index (χ4n) is 5.02. The molecule has 0 atom stereocenters. The molecule has 32 heavy (non-hydrogen) atoms. The van der Waals surface area contributed by atoms with E-state index in [2.05, 4.69) is 25.8 Å². The number of piperidine rings is 1. The van der Waals surface area contributed by atoms with Crippen molar-refractivity contribution in [3.05, 3.63) is 36.2 Å². The summed E-state index contributed by atoms with van der Waals surface area (Å²) in [6.07, 6.45) is 8.06. The number of aromatic nitrogens is 2. The third-order valence-electron chi connectivity index (χ3n) is 6.86. The van der Waals surface area contributed by atoms with Crippen molar-refractivity contribution < 1.29 is 18.9 Å². The zero-order chi connectivity index (χ0) is 21.8. The molecule has 5 rings (SSSR count). The van der Waals surface area contributed by atoms with Crippen molar-refractivity contribution in [1.29, 1.82) is 0 Å². The van der Waals surface area contributed by atoms with E-state index in [1.807, 2.05) is 18.3 Å². The van der Waals surface area contributed by atoms with Gasteiger partial charge in [0.05, 0.1) is 32.8 Å². The fraction of sp³-hybridized carbons (Fsp3) is 0.583. The Morgan fingerprint density at radius 3 is 2.81 bits per heavy atom. The van der Waals surface area contributed by atoms with Crippen molar-refractivity contribution in [2.75, 3.05) is 58.2 Å². The SMILES string of the molecule is COc1cncc(N2CCC3(CCCN(Cc4cccc5c4OCCO5)COC3)CC2)n1. The van der Waals surface area contributed by atoms with Crippen LogP contribution in [0.15, 0.2) is 30.6 Å². The molecule has 172 valence electrons. The largest absolute Gasteiger partial charge is 0.486 e. The monoisotopic (exact) mass is 440 g/mol. The van der Waals surface area contributed by atoms with Crippen molar-refractivity contribution in [2.24, 2.45) is 5.41 Å². The van der Waals surface area contributed by atoms with E-state index in [0.717, 1.165) is 62.9 Å². The van der Waals surface area contributed by atoms with Crippen molar-refractivity contribution in [3.8, 4) is 17.4 Å². The maximum absolute atomic E-state index is 6.26. The molecule has 1 aromatic carbocycles. The van der Waals surface area contributed by atoms with E-state index >= 15 is 0 Å². The van der Waals surface area contributed by atoms with Crippen LogP contribution in [0.1, 0.15) is 31.2 Å². The Balaban J connectivity index is 1.16. The van der Waals surface area contributed by atoms with E-state index in [4.69, 9.17) is 18.9 Å². The van der Waals surface area contributed by atoms with Gasteiger partial charge >= 0.3 is 0 Å². The highest BCUT2D eigenvalue weighted by Crippen LogP contribution is 2.39. The van der Waals surface area contributed by atoms with Crippen LogP contribution >= 0.6 is 0 Å². The molecule has 2 fully saturated rings. The van der Waals surface area contributed by atoms with Crippen LogP contribution < -0.4 is 19.1 Å². The summed E-state index contributed by atoms with van der Waals surface area (Å²) in [7, 11) is 1.63. The number of hydrogen-bond donors (Lipinski definition) is 0. The topological polar surface area (TPSA) is 69.2 Å². The van der Waals surface area contributed by atoms with Crippen molar-refractivity contribution in [3.63, 3.8) is 0 Å². The lowest BCUT2D eigenvalue weighted by Crippen LogP contribution is -2.45. The Labute approximate surface area is 189 Å². The molecule has 0 unspecified atom stereocenters. The Morgan fingerprint density at radius 2 is 1.94 bits per heavy atom. The molecular weight excluding hydrogens is 408 g/mol. The first-order valence-corrected chi connectivity index (χ1v) is 11.5. The molecule has 0 saturated carbocycles. The minimum absolute atomic E-state index is 0.262. The van der Waals surface area contributed by atoms with E-state index in [0.29, 0.717) is 25.8 Å². The van der Waals surface area contributed by atoms with Gasteiger partial charge in [-0.3, -0.25) is 9.88 Å². The molecule has 4 heterocycles. The lowest BCUT2D eigenvalue weighted by Gasteiger charge is -2.44. The highest BCUT2D eigenvalue weighted by atomic mass is 16.6. The standard InChI is InChI=1S/C24H32N4O4/c1-29-22-15-25-14-21(26-22)28-10-7-24(8-11-28)6-3-9-27(18-30-17-24)16-19-4-2-5-20-23(19)32-13-12-31-20/h2,4-5,14-15H,3,6-13,16-18H2,1H3. The number of anilines is 1. The zero-order valence-corrected chi connectivity index (χ0v) is 18.8. The highest BCUT2D eigenvalue weighted by molar-refractivity contribution is 5.47. The minimum atomic E-state index is 0.262. The molecule has 0 bridgehead atoms. The van der Waals surface area contributed by atoms with Crippen molar-refractivity contribution in [2.45, 2.75) is 32.2 Å². The van der Waals surface area contributed by atoms with Crippen molar-refractivity contribution >= 4 is 5.82 Å². The molecule has 2 aromatic rings. The average Bonchev–Trinajstić information content (AvgIpc) is 2.83. The minimum Gasteiger partial charge on any atom is -0.486 e.